The highest BCUT2D eigenvalue weighted by atomic mass is 35.5. The van der Waals surface area contributed by atoms with Crippen LogP contribution in [0.1, 0.15) is 13.3 Å². The first-order valence-electron chi connectivity index (χ1n) is 4.31. The van der Waals surface area contributed by atoms with E-state index in [0.717, 1.165) is 19.5 Å². The van der Waals surface area contributed by atoms with Crippen LogP contribution < -0.4 is 5.32 Å². The van der Waals surface area contributed by atoms with Gasteiger partial charge in [0.2, 0.25) is 0 Å². The Labute approximate surface area is 84.4 Å². The summed E-state index contributed by atoms with van der Waals surface area (Å²) in [6.07, 6.45) is 1.17. The summed E-state index contributed by atoms with van der Waals surface area (Å²) in [6, 6.07) is 0. The molecular formula is C8H16ClNO3. The molecule has 1 heterocycles. The monoisotopic (exact) mass is 209 g/mol. The van der Waals surface area contributed by atoms with Crippen molar-refractivity contribution < 1.29 is 14.3 Å². The van der Waals surface area contributed by atoms with E-state index < -0.39 is 0 Å². The fraction of sp³-hybridized carbons (Fsp3) is 0.875. The van der Waals surface area contributed by atoms with Crippen LogP contribution in [0.2, 0.25) is 0 Å². The van der Waals surface area contributed by atoms with E-state index in [2.05, 4.69) is 5.32 Å². The van der Waals surface area contributed by atoms with Gasteiger partial charge in [-0.3, -0.25) is 0 Å². The summed E-state index contributed by atoms with van der Waals surface area (Å²) in [5.74, 6) is -0.274. The number of nitrogens with one attached hydrogen (secondary N) is 1. The fourth-order valence-electron chi connectivity index (χ4n) is 1.16. The average molecular weight is 210 g/mol. The quantitative estimate of drug-likeness (QED) is 0.679. The van der Waals surface area contributed by atoms with Crippen molar-refractivity contribution in [3.8, 4) is 0 Å². The molecule has 0 aromatic heterocycles. The summed E-state index contributed by atoms with van der Waals surface area (Å²) in [5, 5.41) is 3.15. The van der Waals surface area contributed by atoms with Crippen molar-refractivity contribution in [2.24, 2.45) is 0 Å². The fourth-order valence-corrected chi connectivity index (χ4v) is 1.16. The molecule has 1 aliphatic heterocycles. The number of rotatable bonds is 4. The molecule has 1 unspecified atom stereocenters. The third-order valence-corrected chi connectivity index (χ3v) is 1.76. The van der Waals surface area contributed by atoms with E-state index in [1.807, 2.05) is 0 Å². The average Bonchev–Trinajstić information content (AvgIpc) is 2.53. The number of carbonyl (C=O) groups excluding carboxylic acids is 1. The van der Waals surface area contributed by atoms with Crippen molar-refractivity contribution in [2.75, 3.05) is 26.3 Å². The minimum atomic E-state index is -0.274. The molecule has 78 valence electrons. The van der Waals surface area contributed by atoms with Crippen molar-refractivity contribution in [1.29, 1.82) is 0 Å². The molecule has 4 nitrogen and oxygen atoms in total. The van der Waals surface area contributed by atoms with Crippen LogP contribution in [0.25, 0.3) is 0 Å². The van der Waals surface area contributed by atoms with Gasteiger partial charge >= 0.3 is 5.97 Å². The molecule has 1 N–H and O–H groups in total. The lowest BCUT2D eigenvalue weighted by atomic mass is 10.3. The summed E-state index contributed by atoms with van der Waals surface area (Å²) in [6.45, 7) is 4.12. The van der Waals surface area contributed by atoms with E-state index in [1.54, 1.807) is 6.92 Å². The second kappa shape index (κ2) is 7.12. The summed E-state index contributed by atoms with van der Waals surface area (Å²) in [5.41, 5.74) is 0. The van der Waals surface area contributed by atoms with Gasteiger partial charge in [0.05, 0.1) is 12.7 Å². The largest absolute Gasteiger partial charge is 0.464 e. The van der Waals surface area contributed by atoms with Crippen molar-refractivity contribution in [2.45, 2.75) is 19.4 Å². The molecule has 0 aliphatic carbocycles. The zero-order valence-corrected chi connectivity index (χ0v) is 8.56. The van der Waals surface area contributed by atoms with Gasteiger partial charge in [-0.15, -0.1) is 12.4 Å². The Balaban J connectivity index is 0.00000144. The number of hydrogen-bond acceptors (Lipinski definition) is 4. The molecule has 0 aromatic carbocycles. The summed E-state index contributed by atoms with van der Waals surface area (Å²) >= 11 is 0. The molecule has 1 rings (SSSR count). The molecule has 5 heteroatoms. The van der Waals surface area contributed by atoms with Gasteiger partial charge in [0.25, 0.3) is 0 Å². The maximum Gasteiger partial charge on any atom is 0.332 e. The Bertz CT molecular complexity index is 148. The highest BCUT2D eigenvalue weighted by Crippen LogP contribution is 2.02. The Kier molecular flexibility index (Phi) is 6.94. The molecular weight excluding hydrogens is 194 g/mol. The normalized spacial score (nSPS) is 20.8. The molecule has 0 spiro atoms. The van der Waals surface area contributed by atoms with Gasteiger partial charge in [-0.25, -0.2) is 4.79 Å². The van der Waals surface area contributed by atoms with E-state index in [-0.39, 0.29) is 31.1 Å². The first kappa shape index (κ1) is 12.7. The lowest BCUT2D eigenvalue weighted by molar-refractivity contribution is -0.150. The number of esters is 1. The zero-order valence-electron chi connectivity index (χ0n) is 7.75. The van der Waals surface area contributed by atoms with E-state index in [9.17, 15) is 4.79 Å². The molecule has 1 atom stereocenters. The summed E-state index contributed by atoms with van der Waals surface area (Å²) in [4.78, 5) is 10.8. The first-order valence-corrected chi connectivity index (χ1v) is 4.31. The van der Waals surface area contributed by atoms with E-state index >= 15 is 0 Å². The molecule has 0 saturated carbocycles. The summed E-state index contributed by atoms with van der Waals surface area (Å²) < 4.78 is 10.00. The number of carbonyl (C=O) groups is 1. The molecule has 1 fully saturated rings. The van der Waals surface area contributed by atoms with Gasteiger partial charge in [0.15, 0.2) is 0 Å². The van der Waals surface area contributed by atoms with Gasteiger partial charge in [0, 0.05) is 6.54 Å². The lowest BCUT2D eigenvalue weighted by Crippen LogP contribution is -2.21. The second-order valence-electron chi connectivity index (χ2n) is 2.73. The first-order chi connectivity index (χ1) is 5.83. The smallest absolute Gasteiger partial charge is 0.332 e. The van der Waals surface area contributed by atoms with Gasteiger partial charge < -0.3 is 14.8 Å². The van der Waals surface area contributed by atoms with Gasteiger partial charge in [-0.2, -0.15) is 0 Å². The van der Waals surface area contributed by atoms with Crippen LogP contribution in [0, 0.1) is 0 Å². The zero-order chi connectivity index (χ0) is 8.81. The lowest BCUT2D eigenvalue weighted by Gasteiger charge is -2.08. The maximum atomic E-state index is 10.8. The third kappa shape index (κ3) is 5.08. The van der Waals surface area contributed by atoms with E-state index in [1.165, 1.54) is 0 Å². The number of halogens is 1. The molecule has 0 aromatic rings. The van der Waals surface area contributed by atoms with Crippen LogP contribution in [0.15, 0.2) is 0 Å². The van der Waals surface area contributed by atoms with Gasteiger partial charge in [0.1, 0.15) is 6.61 Å². The molecule has 1 saturated heterocycles. The van der Waals surface area contributed by atoms with E-state index in [4.69, 9.17) is 9.47 Å². The van der Waals surface area contributed by atoms with Crippen molar-refractivity contribution in [3.05, 3.63) is 0 Å². The predicted octanol–water partition coefficient (Wildman–Crippen LogP) is 0.350. The standard InChI is InChI=1S/C8H15NO3.ClH/c1-2-11-8(10)6-12-7-3-4-9-5-7;/h7,9H,2-6H2,1H3;1H. The highest BCUT2D eigenvalue weighted by Gasteiger charge is 2.16. The summed E-state index contributed by atoms with van der Waals surface area (Å²) in [7, 11) is 0. The van der Waals surface area contributed by atoms with Crippen molar-refractivity contribution in [1.82, 2.24) is 5.32 Å². The Morgan fingerprint density at radius 2 is 2.38 bits per heavy atom. The topological polar surface area (TPSA) is 47.6 Å². The van der Waals surface area contributed by atoms with Crippen molar-refractivity contribution in [3.63, 3.8) is 0 Å². The van der Waals surface area contributed by atoms with Crippen LogP contribution in [0.4, 0.5) is 0 Å². The van der Waals surface area contributed by atoms with Crippen LogP contribution >= 0.6 is 12.4 Å². The van der Waals surface area contributed by atoms with Gasteiger partial charge in [-0.1, -0.05) is 0 Å². The number of hydrogen-bond donors (Lipinski definition) is 1. The highest BCUT2D eigenvalue weighted by molar-refractivity contribution is 5.85. The van der Waals surface area contributed by atoms with Crippen LogP contribution in [0.3, 0.4) is 0 Å². The van der Waals surface area contributed by atoms with Gasteiger partial charge in [-0.05, 0) is 19.9 Å². The molecule has 0 bridgehead atoms. The van der Waals surface area contributed by atoms with Crippen LogP contribution in [-0.2, 0) is 14.3 Å². The molecule has 0 amide bonds. The van der Waals surface area contributed by atoms with E-state index in [0.29, 0.717) is 6.61 Å². The minimum Gasteiger partial charge on any atom is -0.464 e. The third-order valence-electron chi connectivity index (χ3n) is 1.76. The second-order valence-corrected chi connectivity index (χ2v) is 2.73. The van der Waals surface area contributed by atoms with Crippen molar-refractivity contribution >= 4 is 18.4 Å². The molecule has 0 radical (unpaired) electrons. The Morgan fingerprint density at radius 1 is 1.62 bits per heavy atom. The Hall–Kier alpha value is -0.320. The predicted molar refractivity (Wildman–Crippen MR) is 51.1 cm³/mol. The molecule has 1 aliphatic rings. The minimum absolute atomic E-state index is 0. The molecule has 13 heavy (non-hydrogen) atoms. The van der Waals surface area contributed by atoms with Crippen LogP contribution in [0.5, 0.6) is 0 Å². The Morgan fingerprint density at radius 3 is 2.92 bits per heavy atom. The van der Waals surface area contributed by atoms with Crippen LogP contribution in [-0.4, -0.2) is 38.4 Å². The SMILES string of the molecule is CCOC(=O)COC1CCNC1.Cl. The maximum absolute atomic E-state index is 10.8. The number of ether oxygens (including phenoxy) is 2.